The number of esters is 2. The molecule has 1 aliphatic heterocycles. The van der Waals surface area contributed by atoms with Gasteiger partial charge < -0.3 is 14.2 Å². The van der Waals surface area contributed by atoms with Gasteiger partial charge in [-0.1, -0.05) is 13.8 Å². The quantitative estimate of drug-likeness (QED) is 0.502. The van der Waals surface area contributed by atoms with Crippen molar-refractivity contribution in [3.8, 4) is 0 Å². The second-order valence-electron chi connectivity index (χ2n) is 4.25. The molecule has 5 heteroatoms. The number of cyclic esters (lactones) is 1. The van der Waals surface area contributed by atoms with Gasteiger partial charge in [-0.05, 0) is 0 Å². The summed E-state index contributed by atoms with van der Waals surface area (Å²) < 4.78 is 14.8. The highest BCUT2D eigenvalue weighted by atomic mass is 16.7. The summed E-state index contributed by atoms with van der Waals surface area (Å²) in [5.41, 5.74) is -0.758. The SMILES string of the molecule is COC(=O)C1C(=O)OC(C)(OC)C1(C)C. The van der Waals surface area contributed by atoms with Crippen LogP contribution in [0.4, 0.5) is 0 Å². The number of carbonyl (C=O) groups is 2. The third-order valence-corrected chi connectivity index (χ3v) is 3.25. The summed E-state index contributed by atoms with van der Waals surface area (Å²) in [4.78, 5) is 23.0. The van der Waals surface area contributed by atoms with Crippen molar-refractivity contribution < 1.29 is 23.8 Å². The molecule has 0 saturated carbocycles. The molecule has 1 fully saturated rings. The highest BCUT2D eigenvalue weighted by Gasteiger charge is 2.63. The minimum Gasteiger partial charge on any atom is -0.468 e. The van der Waals surface area contributed by atoms with Crippen molar-refractivity contribution in [2.45, 2.75) is 26.6 Å². The van der Waals surface area contributed by atoms with E-state index in [-0.39, 0.29) is 0 Å². The van der Waals surface area contributed by atoms with E-state index in [0.717, 1.165) is 0 Å². The van der Waals surface area contributed by atoms with Crippen LogP contribution >= 0.6 is 0 Å². The molecule has 0 aromatic heterocycles. The molecule has 1 heterocycles. The van der Waals surface area contributed by atoms with Crippen LogP contribution in [0.3, 0.4) is 0 Å². The Morgan fingerprint density at radius 3 is 2.20 bits per heavy atom. The van der Waals surface area contributed by atoms with Gasteiger partial charge in [0.15, 0.2) is 5.92 Å². The Bertz CT molecular complexity index is 296. The largest absolute Gasteiger partial charge is 0.468 e. The van der Waals surface area contributed by atoms with E-state index in [4.69, 9.17) is 9.47 Å². The van der Waals surface area contributed by atoms with Gasteiger partial charge in [-0.2, -0.15) is 0 Å². The first-order chi connectivity index (χ1) is 6.80. The van der Waals surface area contributed by atoms with Crippen LogP contribution in [0, 0.1) is 11.3 Å². The number of hydrogen-bond donors (Lipinski definition) is 0. The molecular formula is C10H16O5. The van der Waals surface area contributed by atoms with Crippen LogP contribution in [-0.2, 0) is 23.8 Å². The molecule has 1 saturated heterocycles. The number of carbonyl (C=O) groups excluding carboxylic acids is 2. The molecule has 2 atom stereocenters. The molecular weight excluding hydrogens is 200 g/mol. The lowest BCUT2D eigenvalue weighted by molar-refractivity contribution is -0.225. The molecule has 0 radical (unpaired) electrons. The van der Waals surface area contributed by atoms with Crippen molar-refractivity contribution in [2.24, 2.45) is 11.3 Å². The van der Waals surface area contributed by atoms with Crippen LogP contribution in [0.15, 0.2) is 0 Å². The molecule has 0 aromatic rings. The normalized spacial score (nSPS) is 33.7. The van der Waals surface area contributed by atoms with E-state index in [9.17, 15) is 9.59 Å². The van der Waals surface area contributed by atoms with E-state index in [2.05, 4.69) is 4.74 Å². The fourth-order valence-electron chi connectivity index (χ4n) is 1.75. The van der Waals surface area contributed by atoms with Gasteiger partial charge >= 0.3 is 11.9 Å². The van der Waals surface area contributed by atoms with E-state index >= 15 is 0 Å². The van der Waals surface area contributed by atoms with Crippen molar-refractivity contribution in [3.05, 3.63) is 0 Å². The maximum absolute atomic E-state index is 11.6. The topological polar surface area (TPSA) is 61.8 Å². The van der Waals surface area contributed by atoms with E-state index in [1.54, 1.807) is 20.8 Å². The van der Waals surface area contributed by atoms with Crippen LogP contribution < -0.4 is 0 Å². The molecule has 86 valence electrons. The maximum atomic E-state index is 11.6. The maximum Gasteiger partial charge on any atom is 0.323 e. The lowest BCUT2D eigenvalue weighted by Crippen LogP contribution is -2.45. The zero-order valence-corrected chi connectivity index (χ0v) is 9.62. The van der Waals surface area contributed by atoms with Gasteiger partial charge in [-0.3, -0.25) is 9.59 Å². The summed E-state index contributed by atoms with van der Waals surface area (Å²) in [6.45, 7) is 5.11. The third kappa shape index (κ3) is 1.51. The Kier molecular flexibility index (Phi) is 2.78. The smallest absolute Gasteiger partial charge is 0.323 e. The van der Waals surface area contributed by atoms with Crippen molar-refractivity contribution in [1.82, 2.24) is 0 Å². The molecule has 15 heavy (non-hydrogen) atoms. The van der Waals surface area contributed by atoms with Crippen molar-refractivity contribution in [3.63, 3.8) is 0 Å². The van der Waals surface area contributed by atoms with Gasteiger partial charge in [0.1, 0.15) is 0 Å². The zero-order valence-electron chi connectivity index (χ0n) is 9.62. The highest BCUT2D eigenvalue weighted by molar-refractivity contribution is 5.97. The Hall–Kier alpha value is -1.10. The Morgan fingerprint density at radius 2 is 1.87 bits per heavy atom. The fourth-order valence-corrected chi connectivity index (χ4v) is 1.75. The summed E-state index contributed by atoms with van der Waals surface area (Å²) in [6.07, 6.45) is 0. The summed E-state index contributed by atoms with van der Waals surface area (Å²) >= 11 is 0. The highest BCUT2D eigenvalue weighted by Crippen LogP contribution is 2.48. The average molecular weight is 216 g/mol. The number of ether oxygens (including phenoxy) is 3. The predicted molar refractivity (Wildman–Crippen MR) is 50.8 cm³/mol. The van der Waals surface area contributed by atoms with Gasteiger partial charge in [0.25, 0.3) is 0 Å². The van der Waals surface area contributed by atoms with Gasteiger partial charge in [-0.15, -0.1) is 0 Å². The molecule has 0 aromatic carbocycles. The first-order valence-corrected chi connectivity index (χ1v) is 4.66. The van der Waals surface area contributed by atoms with E-state index in [1.807, 2.05) is 0 Å². The summed E-state index contributed by atoms with van der Waals surface area (Å²) in [6, 6.07) is 0. The molecule has 0 amide bonds. The Labute approximate surface area is 88.7 Å². The summed E-state index contributed by atoms with van der Waals surface area (Å²) in [7, 11) is 2.68. The zero-order chi connectivity index (χ0) is 11.9. The number of hydrogen-bond acceptors (Lipinski definition) is 5. The molecule has 5 nitrogen and oxygen atoms in total. The second kappa shape index (κ2) is 3.48. The first-order valence-electron chi connectivity index (χ1n) is 4.66. The van der Waals surface area contributed by atoms with Gasteiger partial charge in [0.2, 0.25) is 5.79 Å². The van der Waals surface area contributed by atoms with Crippen LogP contribution in [-0.4, -0.2) is 31.9 Å². The van der Waals surface area contributed by atoms with Gasteiger partial charge in [0.05, 0.1) is 12.5 Å². The molecule has 0 spiro atoms. The third-order valence-electron chi connectivity index (χ3n) is 3.25. The minimum atomic E-state index is -1.09. The van der Waals surface area contributed by atoms with Gasteiger partial charge in [-0.25, -0.2) is 0 Å². The second-order valence-corrected chi connectivity index (χ2v) is 4.25. The molecule has 1 aliphatic rings. The van der Waals surface area contributed by atoms with Gasteiger partial charge in [0, 0.05) is 14.0 Å². The fraction of sp³-hybridized carbons (Fsp3) is 0.800. The summed E-state index contributed by atoms with van der Waals surface area (Å²) in [5, 5.41) is 0. The lowest BCUT2D eigenvalue weighted by Gasteiger charge is -2.35. The Balaban J connectivity index is 3.11. The lowest BCUT2D eigenvalue weighted by atomic mass is 9.75. The molecule has 1 rings (SSSR count). The molecule has 0 bridgehead atoms. The average Bonchev–Trinajstić information content (AvgIpc) is 2.33. The van der Waals surface area contributed by atoms with E-state index in [1.165, 1.54) is 14.2 Å². The Morgan fingerprint density at radius 1 is 1.33 bits per heavy atom. The predicted octanol–water partition coefficient (Wildman–Crippen LogP) is 0.721. The minimum absolute atomic E-state index is 0.592. The van der Waals surface area contributed by atoms with E-state index in [0.29, 0.717) is 0 Å². The van der Waals surface area contributed by atoms with Crippen LogP contribution in [0.2, 0.25) is 0 Å². The van der Waals surface area contributed by atoms with Crippen LogP contribution in [0.1, 0.15) is 20.8 Å². The molecule has 0 aliphatic carbocycles. The number of methoxy groups -OCH3 is 2. The van der Waals surface area contributed by atoms with Crippen LogP contribution in [0.25, 0.3) is 0 Å². The van der Waals surface area contributed by atoms with Crippen molar-refractivity contribution in [2.75, 3.05) is 14.2 Å². The number of rotatable bonds is 2. The van der Waals surface area contributed by atoms with Crippen molar-refractivity contribution in [1.29, 1.82) is 0 Å². The molecule has 2 unspecified atom stereocenters. The monoisotopic (exact) mass is 216 g/mol. The van der Waals surface area contributed by atoms with Crippen LogP contribution in [0.5, 0.6) is 0 Å². The summed E-state index contributed by atoms with van der Waals surface area (Å²) in [5.74, 6) is -3.22. The standard InChI is InChI=1S/C10H16O5/c1-9(2)6(7(11)13-4)8(12)15-10(9,3)14-5/h6H,1-5H3. The van der Waals surface area contributed by atoms with E-state index < -0.39 is 29.1 Å². The van der Waals surface area contributed by atoms with Crippen molar-refractivity contribution >= 4 is 11.9 Å². The molecule has 0 N–H and O–H groups in total. The first kappa shape index (κ1) is 12.0.